The van der Waals surface area contributed by atoms with E-state index in [1.165, 1.54) is 52.9 Å². The van der Waals surface area contributed by atoms with Crippen LogP contribution in [0, 0.1) is 3.57 Å². The third-order valence-electron chi connectivity index (χ3n) is 21.5. The highest BCUT2D eigenvalue weighted by atomic mass is 127. The van der Waals surface area contributed by atoms with Gasteiger partial charge in [0.15, 0.2) is 0 Å². The number of halogens is 1. The van der Waals surface area contributed by atoms with Crippen LogP contribution in [0.25, 0.3) is 86.2 Å². The maximum atomic E-state index is 10.3. The van der Waals surface area contributed by atoms with Crippen molar-refractivity contribution in [2.24, 2.45) is 0 Å². The smallest absolute Gasteiger partial charge is 0.0646 e. The number of para-hydroxylation sites is 6. The predicted molar refractivity (Wildman–Crippen MR) is 565 cm³/mol. The van der Waals surface area contributed by atoms with Gasteiger partial charge in [-0.05, 0) is 213 Å². The number of hydrogen-bond donors (Lipinski definition) is 2. The van der Waals surface area contributed by atoms with Crippen LogP contribution in [0.3, 0.4) is 0 Å². The van der Waals surface area contributed by atoms with E-state index in [1.807, 2.05) is 0 Å². The minimum absolute atomic E-state index is 0.0570. The Labute approximate surface area is 830 Å². The molecule has 0 amide bonds. The zero-order chi connectivity index (χ0) is 123. The van der Waals surface area contributed by atoms with Gasteiger partial charge in [0.05, 0.1) is 91.7 Å². The van der Waals surface area contributed by atoms with Crippen LogP contribution < -0.4 is 35.1 Å². The molecule has 23 rings (SSSR count). The van der Waals surface area contributed by atoms with Crippen molar-refractivity contribution in [1.82, 2.24) is 0 Å². The molecule has 0 saturated heterocycles. The van der Waals surface area contributed by atoms with Crippen LogP contribution in [0.15, 0.2) is 521 Å². The van der Waals surface area contributed by atoms with Crippen LogP contribution in [-0.4, -0.2) is 0 Å². The molecule has 0 atom stereocenters. The predicted octanol–water partition coefficient (Wildman–Crippen LogP) is 35.7. The van der Waals surface area contributed by atoms with Crippen molar-refractivity contribution >= 4 is 217 Å². The van der Waals surface area contributed by atoms with Crippen molar-refractivity contribution in [3.05, 3.63) is 524 Å². The molecule has 8 heteroatoms. The van der Waals surface area contributed by atoms with Gasteiger partial charge in [0.2, 0.25) is 0 Å². The van der Waals surface area contributed by atoms with E-state index in [1.54, 1.807) is 156 Å². The second-order valence-corrected chi connectivity index (χ2v) is 30.1. The van der Waals surface area contributed by atoms with E-state index < -0.39 is 316 Å². The fourth-order valence-electron chi connectivity index (χ4n) is 16.0. The van der Waals surface area contributed by atoms with E-state index in [9.17, 15) is 21.9 Å². The quantitative estimate of drug-likeness (QED) is 0.0475. The summed E-state index contributed by atoms with van der Waals surface area (Å²) in [5, 5.41) is 20.5. The maximum absolute atomic E-state index is 10.3. The van der Waals surface area contributed by atoms with Gasteiger partial charge in [-0.2, -0.15) is 0 Å². The third kappa shape index (κ3) is 16.2. The molecule has 2 N–H and O–H groups in total. The Morgan fingerprint density at radius 1 is 0.169 bits per heavy atom. The van der Waals surface area contributed by atoms with E-state index >= 15 is 0 Å². The number of rotatable bonds is 19. The van der Waals surface area contributed by atoms with E-state index in [4.69, 9.17) is 35.6 Å². The summed E-state index contributed by atoms with van der Waals surface area (Å²) in [6.45, 7) is 0. The molecule has 0 aliphatic rings. The molecule has 618 valence electrons. The lowest BCUT2D eigenvalue weighted by Crippen LogP contribution is -2.15. The first-order chi connectivity index (χ1) is 81.9. The van der Waals surface area contributed by atoms with Crippen molar-refractivity contribution in [1.29, 1.82) is 0 Å². The average molecular weight is 1820 g/mol. The van der Waals surface area contributed by atoms with Crippen molar-refractivity contribution in [2.45, 2.75) is 0 Å². The number of hydrogen-bond acceptors (Lipinski definition) is 7. The van der Waals surface area contributed by atoms with Crippen molar-refractivity contribution in [3.63, 3.8) is 0 Å². The van der Waals surface area contributed by atoms with E-state index in [0.717, 1.165) is 22.7 Å². The minimum atomic E-state index is -0.991. The number of anilines is 19. The molecule has 0 bridgehead atoms. The van der Waals surface area contributed by atoms with Crippen LogP contribution >= 0.6 is 22.6 Å². The Bertz CT molecular complexity index is 9580. The Morgan fingerprint density at radius 3 is 0.631 bits per heavy atom. The highest BCUT2D eigenvalue weighted by molar-refractivity contribution is 14.1. The van der Waals surface area contributed by atoms with E-state index in [-0.39, 0.29) is 47.9 Å². The first-order valence-electron chi connectivity index (χ1n) is 61.6. The normalized spacial score (nSPS) is 15.6. The Hall–Kier alpha value is -16.5. The van der Waals surface area contributed by atoms with Crippen LogP contribution in [0.4, 0.5) is 108 Å². The highest BCUT2D eigenvalue weighted by Crippen LogP contribution is 2.54. The van der Waals surface area contributed by atoms with Gasteiger partial charge in [-0.3, -0.25) is 0 Å². The van der Waals surface area contributed by atoms with Crippen LogP contribution in [-0.2, 0) is 0 Å². The molecule has 0 unspecified atom stereocenters. The van der Waals surface area contributed by atoms with Gasteiger partial charge in [-0.25, -0.2) is 0 Å². The Morgan fingerprint density at radius 2 is 0.362 bits per heavy atom. The zero-order valence-electron chi connectivity index (χ0n) is 110. The Kier molecular flexibility index (Phi) is 13.3. The molecule has 0 aliphatic heterocycles. The fourth-order valence-corrected chi connectivity index (χ4v) is 16.3. The summed E-state index contributed by atoms with van der Waals surface area (Å²) in [4.78, 5) is 4.72. The summed E-state index contributed by atoms with van der Waals surface area (Å²) in [5.41, 5.74) is -2.96. The van der Waals surface area contributed by atoms with Gasteiger partial charge in [0, 0.05) is 142 Å². The summed E-state index contributed by atoms with van der Waals surface area (Å²) in [5.74, 6) is 0. The molecule has 0 radical (unpaired) electrons. The minimum Gasteiger partial charge on any atom is -0.354 e. The summed E-state index contributed by atoms with van der Waals surface area (Å²) in [6.07, 6.45) is 0. The lowest BCUT2D eigenvalue weighted by atomic mass is 9.94. The topological polar surface area (TPSA) is 40.3 Å². The van der Waals surface area contributed by atoms with Gasteiger partial charge in [0.25, 0.3) is 0 Å². The monoisotopic (exact) mass is 1820 g/mol. The number of benzene rings is 23. The molecule has 0 aromatic heterocycles. The fraction of sp³-hybridized carbons (Fsp3) is 0. The lowest BCUT2D eigenvalue weighted by molar-refractivity contribution is 1.26. The largest absolute Gasteiger partial charge is 0.354 e. The summed E-state index contributed by atoms with van der Waals surface area (Å²) >= 11 is 1.60. The van der Waals surface area contributed by atoms with Gasteiger partial charge in [-0.1, -0.05) is 351 Å². The molecule has 0 fully saturated rings. The molecular weight excluding hydrogens is 1690 g/mol. The third-order valence-corrected chi connectivity index (χ3v) is 22.1. The summed E-state index contributed by atoms with van der Waals surface area (Å²) < 4.78 is 373. The standard InChI is InChI=1S/C70H50N4.C34H24N2.C18H14IN/c1-5-27-53(28-6-1)71(54-29-7-2-8-30-54)57-43-47-59(48-44-57)73(67-41-21-25-51-23-13-15-35-61(51)67)69-63-37-17-19-39-65(63)70(66-40-20-18-38-64(66)69)74(68-42-22-26-52-24-14-16-36-62(52)68)60-49-45-58(46-50-60)72(55-31-9-3-10-32-55)56-33-11-4-12-34-56;1-3-15-25-23(11-1)13-9-21-31(25)35-33-27-17-5-7-19-29(27)34(30-20-8-6-18-28(30)33)36-32-22-10-14-24-12-2-4-16-26(24)32;19-15-11-13-18(14-12-15)20(16-7-3-1-4-8-16)17-9-5-2-6-10-17/h1-50H;1-22,35-36H;1-14H/i1D,2D,3D,4D,5D,6D,7D,8D,9D,10D,11D,12D,27D,28D,29D,30D,31D,32D,33D,34D,43D,44D,45D,46D,47D,48D,49D,50D;;1D,2D,3D,4D,5D,6D,7D,8D,9D,10D,11D,12D,13D,14D. The summed E-state index contributed by atoms with van der Waals surface area (Å²) in [6, 6.07) is 48.3. The molecule has 0 saturated carbocycles. The molecule has 23 aromatic carbocycles. The molecule has 7 nitrogen and oxygen atoms in total. The first kappa shape index (κ1) is 46.6. The average Bonchev–Trinajstić information content (AvgIpc) is 0.698. The SMILES string of the molecule is [2H]c1c([2H])c([2H])c(N(c2c([2H])c([2H])c([2H])c([2H])c2[2H])c2c([2H])c([2H])c(I)c([2H])c2[2H])c([2H])c1[2H].[2H]c1c([2H])c([2H])c(N(c2c([2H])c([2H])c([2H])c([2H])c2[2H])c2c([2H])c([2H])c(N(c3cccc4ccccc34)c3c4ccccc4c(N(c4c([2H])c([2H])c(N(c5c([2H])c([2H])c([2H])c([2H])c5[2H])c5c([2H])c([2H])c([2H])c([2H])c5[2H])c([2H])c4[2H])c4cccc5ccccc45)c4ccccc34)c([2H])c2[2H])c([2H])c1[2H].c1ccc2c(Nc3c4ccccc4c(Nc4cccc5ccccc45)c4ccccc34)cccc2c1. The molecule has 0 heterocycles. The Balaban J connectivity index is 0.000000192. The molecule has 23 aromatic rings. The van der Waals surface area contributed by atoms with E-state index in [2.05, 4.69) is 144 Å². The number of nitrogens with zero attached hydrogens (tertiary/aromatic N) is 5. The second kappa shape index (κ2) is 37.0. The zero-order valence-corrected chi connectivity index (χ0v) is 70.2. The number of nitrogens with one attached hydrogen (secondary N) is 2. The van der Waals surface area contributed by atoms with Crippen molar-refractivity contribution in [3.8, 4) is 0 Å². The van der Waals surface area contributed by atoms with E-state index in [0.29, 0.717) is 36.2 Å². The van der Waals surface area contributed by atoms with Crippen molar-refractivity contribution < 1.29 is 57.6 Å². The molecule has 0 spiro atoms. The molecule has 130 heavy (non-hydrogen) atoms. The van der Waals surface area contributed by atoms with Crippen LogP contribution in [0.1, 0.15) is 57.6 Å². The highest BCUT2D eigenvalue weighted by Gasteiger charge is 2.29. The van der Waals surface area contributed by atoms with Gasteiger partial charge in [0.1, 0.15) is 0 Å². The maximum Gasteiger partial charge on any atom is 0.0646 e. The molecule has 0 aliphatic carbocycles. The van der Waals surface area contributed by atoms with Crippen molar-refractivity contribution in [2.75, 3.05) is 35.1 Å². The lowest BCUT2D eigenvalue weighted by Gasteiger charge is -2.34. The molecular formula is C122H88IN7. The second-order valence-electron chi connectivity index (χ2n) is 29.0. The van der Waals surface area contributed by atoms with Gasteiger partial charge < -0.3 is 35.1 Å². The van der Waals surface area contributed by atoms with Gasteiger partial charge in [-0.15, -0.1) is 0 Å². The number of fused-ring (bicyclic) bond motifs is 8. The summed E-state index contributed by atoms with van der Waals surface area (Å²) in [7, 11) is 0. The first-order valence-corrected chi connectivity index (χ1v) is 41.7. The van der Waals surface area contributed by atoms with Gasteiger partial charge >= 0.3 is 0 Å². The van der Waals surface area contributed by atoms with Crippen LogP contribution in [0.2, 0.25) is 0 Å². The van der Waals surface area contributed by atoms with Crippen LogP contribution in [0.5, 0.6) is 0 Å².